The molecular weight excluding hydrogens is 206 g/mol. The third-order valence-electron chi connectivity index (χ3n) is 2.59. The summed E-state index contributed by atoms with van der Waals surface area (Å²) < 4.78 is 0. The highest BCUT2D eigenvalue weighted by atomic mass is 32.2. The molecule has 0 aromatic rings. The van der Waals surface area contributed by atoms with Gasteiger partial charge in [-0.2, -0.15) is 11.8 Å². The summed E-state index contributed by atoms with van der Waals surface area (Å²) in [5.41, 5.74) is -0.104. The minimum Gasteiger partial charge on any atom is -0.394 e. The maximum Gasteiger partial charge on any atom is 0.0611 e. The first-order valence-electron chi connectivity index (χ1n) is 6.05. The second-order valence-corrected chi connectivity index (χ2v) is 6.03. The average molecular weight is 233 g/mol. The minimum atomic E-state index is -0.104. The summed E-state index contributed by atoms with van der Waals surface area (Å²) in [6.45, 7) is 9.81. The lowest BCUT2D eigenvalue weighted by atomic mass is 9.97. The van der Waals surface area contributed by atoms with Gasteiger partial charge in [-0.25, -0.2) is 0 Å². The second-order valence-electron chi connectivity index (χ2n) is 4.49. The Morgan fingerprint density at radius 2 is 2.07 bits per heavy atom. The van der Waals surface area contributed by atoms with Gasteiger partial charge in [0, 0.05) is 10.8 Å². The van der Waals surface area contributed by atoms with Crippen molar-refractivity contribution in [3.8, 4) is 0 Å². The molecule has 0 heterocycles. The number of nitrogens with one attached hydrogen (secondary N) is 1. The summed E-state index contributed by atoms with van der Waals surface area (Å²) in [5, 5.41) is 13.4. The molecule has 2 N–H and O–H groups in total. The van der Waals surface area contributed by atoms with E-state index in [4.69, 9.17) is 0 Å². The Labute approximate surface area is 99.2 Å². The minimum absolute atomic E-state index is 0.104. The molecule has 0 aromatic heterocycles. The molecule has 0 aromatic carbocycles. The highest BCUT2D eigenvalue weighted by molar-refractivity contribution is 7.99. The molecule has 0 aliphatic rings. The number of aliphatic hydroxyl groups is 1. The zero-order chi connectivity index (χ0) is 11.7. The van der Waals surface area contributed by atoms with Crippen molar-refractivity contribution in [2.24, 2.45) is 0 Å². The third kappa shape index (κ3) is 7.20. The van der Waals surface area contributed by atoms with Crippen molar-refractivity contribution in [3.63, 3.8) is 0 Å². The van der Waals surface area contributed by atoms with Crippen LogP contribution in [0.15, 0.2) is 0 Å². The summed E-state index contributed by atoms with van der Waals surface area (Å²) >= 11 is 2.02. The van der Waals surface area contributed by atoms with Crippen LogP contribution in [-0.2, 0) is 0 Å². The molecule has 0 fully saturated rings. The molecular formula is C12H27NOS. The fourth-order valence-electron chi connectivity index (χ4n) is 1.74. The molecule has 0 saturated heterocycles. The van der Waals surface area contributed by atoms with Gasteiger partial charge >= 0.3 is 0 Å². The van der Waals surface area contributed by atoms with Gasteiger partial charge in [0.2, 0.25) is 0 Å². The topological polar surface area (TPSA) is 32.3 Å². The molecule has 15 heavy (non-hydrogen) atoms. The van der Waals surface area contributed by atoms with Gasteiger partial charge in [0.25, 0.3) is 0 Å². The van der Waals surface area contributed by atoms with Crippen LogP contribution in [0.1, 0.15) is 47.0 Å². The van der Waals surface area contributed by atoms with E-state index < -0.39 is 0 Å². The molecule has 2 atom stereocenters. The van der Waals surface area contributed by atoms with E-state index in [2.05, 4.69) is 33.0 Å². The number of aliphatic hydroxyl groups excluding tert-OH is 1. The molecule has 0 spiro atoms. The molecule has 0 amide bonds. The van der Waals surface area contributed by atoms with Gasteiger partial charge in [0.15, 0.2) is 0 Å². The number of likely N-dealkylation sites (N-methyl/N-ethyl adjacent to an activating group) is 1. The normalized spacial score (nSPS) is 17.4. The van der Waals surface area contributed by atoms with Crippen molar-refractivity contribution in [2.75, 3.05) is 18.9 Å². The van der Waals surface area contributed by atoms with Gasteiger partial charge in [0.05, 0.1) is 6.61 Å². The SMILES string of the molecule is CCCCSC(C)CC(C)(CO)NCC. The lowest BCUT2D eigenvalue weighted by molar-refractivity contribution is 0.168. The van der Waals surface area contributed by atoms with Crippen molar-refractivity contribution in [3.05, 3.63) is 0 Å². The highest BCUT2D eigenvalue weighted by Crippen LogP contribution is 2.22. The predicted molar refractivity (Wildman–Crippen MR) is 70.6 cm³/mol. The molecule has 0 rings (SSSR count). The Hall–Kier alpha value is 0.270. The van der Waals surface area contributed by atoms with Crippen LogP contribution in [0.3, 0.4) is 0 Å². The van der Waals surface area contributed by atoms with Crippen LogP contribution in [0.5, 0.6) is 0 Å². The summed E-state index contributed by atoms with van der Waals surface area (Å²) in [6.07, 6.45) is 3.60. The zero-order valence-corrected chi connectivity index (χ0v) is 11.5. The smallest absolute Gasteiger partial charge is 0.0611 e. The summed E-state index contributed by atoms with van der Waals surface area (Å²) in [4.78, 5) is 0. The van der Waals surface area contributed by atoms with Gasteiger partial charge < -0.3 is 10.4 Å². The van der Waals surface area contributed by atoms with Gasteiger partial charge in [-0.1, -0.05) is 27.2 Å². The molecule has 0 saturated carbocycles. The van der Waals surface area contributed by atoms with Crippen molar-refractivity contribution >= 4 is 11.8 Å². The monoisotopic (exact) mass is 233 g/mol. The van der Waals surface area contributed by atoms with E-state index in [1.54, 1.807) is 0 Å². The standard InChI is InChI=1S/C12H27NOS/c1-5-7-8-15-11(3)9-12(4,10-14)13-6-2/h11,13-14H,5-10H2,1-4H3. The molecule has 0 aliphatic heterocycles. The van der Waals surface area contributed by atoms with Gasteiger partial charge in [-0.15, -0.1) is 0 Å². The number of rotatable bonds is 9. The molecule has 0 aliphatic carbocycles. The van der Waals surface area contributed by atoms with Crippen LogP contribution >= 0.6 is 11.8 Å². The zero-order valence-electron chi connectivity index (χ0n) is 10.7. The average Bonchev–Trinajstić information content (AvgIpc) is 2.18. The number of unbranched alkanes of at least 4 members (excludes halogenated alkanes) is 1. The summed E-state index contributed by atoms with van der Waals surface area (Å²) in [7, 11) is 0. The third-order valence-corrected chi connectivity index (χ3v) is 3.85. The highest BCUT2D eigenvalue weighted by Gasteiger charge is 2.24. The van der Waals surface area contributed by atoms with E-state index in [-0.39, 0.29) is 12.1 Å². The van der Waals surface area contributed by atoms with Crippen LogP contribution in [-0.4, -0.2) is 34.8 Å². The number of hydrogen-bond donors (Lipinski definition) is 2. The van der Waals surface area contributed by atoms with Crippen molar-refractivity contribution in [1.82, 2.24) is 5.32 Å². The summed E-state index contributed by atoms with van der Waals surface area (Å²) in [5.74, 6) is 1.24. The van der Waals surface area contributed by atoms with E-state index in [1.807, 2.05) is 11.8 Å². The first kappa shape index (κ1) is 15.3. The Kier molecular flexibility index (Phi) is 8.58. The first-order valence-corrected chi connectivity index (χ1v) is 7.10. The van der Waals surface area contributed by atoms with Crippen molar-refractivity contribution < 1.29 is 5.11 Å². The molecule has 2 unspecified atom stereocenters. The van der Waals surface area contributed by atoms with Gasteiger partial charge in [0.1, 0.15) is 0 Å². The van der Waals surface area contributed by atoms with Crippen LogP contribution in [0.2, 0.25) is 0 Å². The van der Waals surface area contributed by atoms with Crippen LogP contribution in [0, 0.1) is 0 Å². The maximum atomic E-state index is 9.37. The maximum absolute atomic E-state index is 9.37. The van der Waals surface area contributed by atoms with Crippen molar-refractivity contribution in [2.45, 2.75) is 57.7 Å². The molecule has 0 bridgehead atoms. The Balaban J connectivity index is 3.84. The lowest BCUT2D eigenvalue weighted by Crippen LogP contribution is -2.47. The first-order chi connectivity index (χ1) is 7.08. The quantitative estimate of drug-likeness (QED) is 0.601. The van der Waals surface area contributed by atoms with E-state index in [0.29, 0.717) is 5.25 Å². The molecule has 0 radical (unpaired) electrons. The Morgan fingerprint density at radius 3 is 2.53 bits per heavy atom. The lowest BCUT2D eigenvalue weighted by Gasteiger charge is -2.31. The Morgan fingerprint density at radius 1 is 1.40 bits per heavy atom. The molecule has 92 valence electrons. The number of hydrogen-bond acceptors (Lipinski definition) is 3. The summed E-state index contributed by atoms with van der Waals surface area (Å²) in [6, 6.07) is 0. The predicted octanol–water partition coefficient (Wildman–Crippen LogP) is 2.66. The van der Waals surface area contributed by atoms with E-state index in [1.165, 1.54) is 18.6 Å². The number of thioether (sulfide) groups is 1. The fourth-order valence-corrected chi connectivity index (χ4v) is 3.09. The van der Waals surface area contributed by atoms with Crippen molar-refractivity contribution in [1.29, 1.82) is 0 Å². The van der Waals surface area contributed by atoms with E-state index in [9.17, 15) is 5.11 Å². The fraction of sp³-hybridized carbons (Fsp3) is 1.00. The van der Waals surface area contributed by atoms with Crippen LogP contribution < -0.4 is 5.32 Å². The van der Waals surface area contributed by atoms with Gasteiger partial charge in [-0.3, -0.25) is 0 Å². The Bertz CT molecular complexity index is 155. The molecule has 3 heteroatoms. The van der Waals surface area contributed by atoms with E-state index >= 15 is 0 Å². The molecule has 2 nitrogen and oxygen atoms in total. The van der Waals surface area contributed by atoms with Crippen LogP contribution in [0.25, 0.3) is 0 Å². The van der Waals surface area contributed by atoms with E-state index in [0.717, 1.165) is 13.0 Å². The van der Waals surface area contributed by atoms with Gasteiger partial charge in [-0.05, 0) is 32.1 Å². The second kappa shape index (κ2) is 8.43. The van der Waals surface area contributed by atoms with Crippen LogP contribution in [0.4, 0.5) is 0 Å². The largest absolute Gasteiger partial charge is 0.394 e.